The molecule has 2 rings (SSSR count). The molecule has 0 saturated heterocycles. The predicted octanol–water partition coefficient (Wildman–Crippen LogP) is 4.32. The molecule has 0 fully saturated rings. The maximum absolute atomic E-state index is 5.88. The van der Waals surface area contributed by atoms with Crippen LogP contribution in [0, 0.1) is 0 Å². The highest BCUT2D eigenvalue weighted by Gasteiger charge is 2.09. The molecule has 1 unspecified atom stereocenters. The molecule has 2 aromatic rings. The van der Waals surface area contributed by atoms with Crippen molar-refractivity contribution < 1.29 is 0 Å². The van der Waals surface area contributed by atoms with Gasteiger partial charge < -0.3 is 5.73 Å². The van der Waals surface area contributed by atoms with Crippen molar-refractivity contribution in [3.63, 3.8) is 0 Å². The second kappa shape index (κ2) is 7.59. The zero-order valence-corrected chi connectivity index (χ0v) is 12.3. The van der Waals surface area contributed by atoms with Gasteiger partial charge in [0.05, 0.1) is 0 Å². The third-order valence-corrected chi connectivity index (χ3v) is 4.48. The van der Waals surface area contributed by atoms with Crippen LogP contribution in [-0.2, 0) is 5.75 Å². The van der Waals surface area contributed by atoms with Crippen molar-refractivity contribution in [1.29, 1.82) is 0 Å². The molecule has 0 saturated carbocycles. The van der Waals surface area contributed by atoms with E-state index in [9.17, 15) is 0 Å². The van der Waals surface area contributed by atoms with Crippen molar-refractivity contribution in [3.8, 4) is 0 Å². The Bertz CT molecular complexity index is 484. The van der Waals surface area contributed by atoms with Crippen molar-refractivity contribution in [2.75, 3.05) is 12.3 Å². The van der Waals surface area contributed by atoms with E-state index in [4.69, 9.17) is 17.3 Å². The van der Waals surface area contributed by atoms with E-state index < -0.39 is 0 Å². The van der Waals surface area contributed by atoms with Gasteiger partial charge in [0.1, 0.15) is 0 Å². The van der Waals surface area contributed by atoms with E-state index in [2.05, 4.69) is 36.4 Å². The first-order valence-corrected chi connectivity index (χ1v) is 7.90. The fraction of sp³-hybridized carbons (Fsp3) is 0.250. The molecule has 3 heteroatoms. The lowest BCUT2D eigenvalue weighted by Crippen LogP contribution is -2.14. The van der Waals surface area contributed by atoms with Crippen LogP contribution in [0.25, 0.3) is 0 Å². The Balaban J connectivity index is 1.85. The van der Waals surface area contributed by atoms with Crippen LogP contribution in [0.1, 0.15) is 17.0 Å². The van der Waals surface area contributed by atoms with Crippen LogP contribution in [0.4, 0.5) is 0 Å². The van der Waals surface area contributed by atoms with Crippen molar-refractivity contribution in [2.45, 2.75) is 11.7 Å². The summed E-state index contributed by atoms with van der Waals surface area (Å²) < 4.78 is 0. The van der Waals surface area contributed by atoms with Crippen LogP contribution in [-0.4, -0.2) is 12.3 Å². The zero-order valence-electron chi connectivity index (χ0n) is 10.8. The summed E-state index contributed by atoms with van der Waals surface area (Å²) in [6.45, 7) is 0.692. The highest BCUT2D eigenvalue weighted by molar-refractivity contribution is 7.98. The van der Waals surface area contributed by atoms with E-state index in [1.165, 1.54) is 11.1 Å². The highest BCUT2D eigenvalue weighted by Crippen LogP contribution is 2.23. The fourth-order valence-electron chi connectivity index (χ4n) is 1.93. The Morgan fingerprint density at radius 2 is 1.68 bits per heavy atom. The number of thioether (sulfide) groups is 1. The standard InChI is InChI=1S/C16H18ClNS/c17-16-8-6-13(7-9-16)11-19-12-15(10-18)14-4-2-1-3-5-14/h1-9,15H,10-12,18H2. The molecule has 100 valence electrons. The van der Waals surface area contributed by atoms with Gasteiger partial charge in [0.25, 0.3) is 0 Å². The van der Waals surface area contributed by atoms with E-state index >= 15 is 0 Å². The van der Waals surface area contributed by atoms with Crippen LogP contribution in [0.3, 0.4) is 0 Å². The maximum Gasteiger partial charge on any atom is 0.0406 e. The van der Waals surface area contributed by atoms with Gasteiger partial charge in [-0.15, -0.1) is 0 Å². The number of nitrogens with two attached hydrogens (primary N) is 1. The summed E-state index contributed by atoms with van der Waals surface area (Å²) in [5.41, 5.74) is 8.50. The lowest BCUT2D eigenvalue weighted by molar-refractivity contribution is 0.785. The molecule has 0 spiro atoms. The van der Waals surface area contributed by atoms with Gasteiger partial charge in [0.15, 0.2) is 0 Å². The summed E-state index contributed by atoms with van der Waals surface area (Å²) in [7, 11) is 0. The number of halogens is 1. The minimum atomic E-state index is 0.429. The first-order chi connectivity index (χ1) is 9.29. The molecule has 1 nitrogen and oxygen atoms in total. The number of hydrogen-bond donors (Lipinski definition) is 1. The van der Waals surface area contributed by atoms with Gasteiger partial charge in [-0.25, -0.2) is 0 Å². The number of hydrogen-bond acceptors (Lipinski definition) is 2. The van der Waals surface area contributed by atoms with E-state index in [0.717, 1.165) is 16.5 Å². The average Bonchev–Trinajstić information content (AvgIpc) is 2.46. The molecular weight excluding hydrogens is 274 g/mol. The quantitative estimate of drug-likeness (QED) is 0.858. The van der Waals surface area contributed by atoms with Gasteiger partial charge in [-0.3, -0.25) is 0 Å². The first-order valence-electron chi connectivity index (χ1n) is 6.37. The summed E-state index contributed by atoms with van der Waals surface area (Å²) in [6, 6.07) is 18.5. The molecule has 0 aromatic heterocycles. The van der Waals surface area contributed by atoms with E-state index in [1.807, 2.05) is 30.0 Å². The van der Waals surface area contributed by atoms with Crippen molar-refractivity contribution >= 4 is 23.4 Å². The number of benzene rings is 2. The summed E-state index contributed by atoms with van der Waals surface area (Å²) in [5.74, 6) is 2.47. The molecular formula is C16H18ClNS. The van der Waals surface area contributed by atoms with Crippen LogP contribution < -0.4 is 5.73 Å². The predicted molar refractivity (Wildman–Crippen MR) is 85.9 cm³/mol. The Morgan fingerprint density at radius 1 is 1.00 bits per heavy atom. The highest BCUT2D eigenvalue weighted by atomic mass is 35.5. The van der Waals surface area contributed by atoms with Crippen LogP contribution in [0.2, 0.25) is 5.02 Å². The molecule has 0 radical (unpaired) electrons. The molecule has 0 aliphatic rings. The lowest BCUT2D eigenvalue weighted by Gasteiger charge is -2.14. The number of rotatable bonds is 6. The molecule has 1 atom stereocenters. The third-order valence-electron chi connectivity index (χ3n) is 3.06. The summed E-state index contributed by atoms with van der Waals surface area (Å²) >= 11 is 7.79. The molecule has 0 bridgehead atoms. The smallest absolute Gasteiger partial charge is 0.0406 e. The Morgan fingerprint density at radius 3 is 2.32 bits per heavy atom. The minimum Gasteiger partial charge on any atom is -0.330 e. The Hall–Kier alpha value is -0.960. The van der Waals surface area contributed by atoms with Gasteiger partial charge in [-0.2, -0.15) is 11.8 Å². The third kappa shape index (κ3) is 4.57. The van der Waals surface area contributed by atoms with Crippen molar-refractivity contribution in [1.82, 2.24) is 0 Å². The van der Waals surface area contributed by atoms with E-state index in [1.54, 1.807) is 0 Å². The van der Waals surface area contributed by atoms with Gasteiger partial charge in [-0.05, 0) is 29.8 Å². The topological polar surface area (TPSA) is 26.0 Å². The largest absolute Gasteiger partial charge is 0.330 e. The minimum absolute atomic E-state index is 0.429. The molecule has 2 aromatic carbocycles. The maximum atomic E-state index is 5.88. The molecule has 0 amide bonds. The molecule has 0 aliphatic heterocycles. The van der Waals surface area contributed by atoms with Gasteiger partial charge in [0, 0.05) is 22.4 Å². The average molecular weight is 292 g/mol. The monoisotopic (exact) mass is 291 g/mol. The molecule has 2 N–H and O–H groups in total. The molecule has 19 heavy (non-hydrogen) atoms. The van der Waals surface area contributed by atoms with E-state index in [0.29, 0.717) is 12.5 Å². The van der Waals surface area contributed by atoms with Crippen LogP contribution in [0.5, 0.6) is 0 Å². The second-order valence-corrected chi connectivity index (χ2v) is 5.95. The van der Waals surface area contributed by atoms with Gasteiger partial charge in [0.2, 0.25) is 0 Å². The first kappa shape index (κ1) is 14.4. The lowest BCUT2D eigenvalue weighted by atomic mass is 10.0. The zero-order chi connectivity index (χ0) is 13.5. The fourth-order valence-corrected chi connectivity index (χ4v) is 3.21. The van der Waals surface area contributed by atoms with Crippen molar-refractivity contribution in [3.05, 3.63) is 70.7 Å². The van der Waals surface area contributed by atoms with Crippen LogP contribution in [0.15, 0.2) is 54.6 Å². The molecule has 0 aliphatic carbocycles. The summed E-state index contributed by atoms with van der Waals surface area (Å²) in [6.07, 6.45) is 0. The Kier molecular flexibility index (Phi) is 5.77. The summed E-state index contributed by atoms with van der Waals surface area (Å²) in [4.78, 5) is 0. The Labute approximate surface area is 124 Å². The second-order valence-electron chi connectivity index (χ2n) is 4.48. The van der Waals surface area contributed by atoms with Gasteiger partial charge in [-0.1, -0.05) is 54.1 Å². The van der Waals surface area contributed by atoms with Crippen molar-refractivity contribution in [2.24, 2.45) is 5.73 Å². The normalized spacial score (nSPS) is 12.3. The van der Waals surface area contributed by atoms with Gasteiger partial charge >= 0.3 is 0 Å². The summed E-state index contributed by atoms with van der Waals surface area (Å²) in [5, 5.41) is 0.790. The SMILES string of the molecule is NCC(CSCc1ccc(Cl)cc1)c1ccccc1. The van der Waals surface area contributed by atoms with E-state index in [-0.39, 0.29) is 0 Å². The molecule has 0 heterocycles. The van der Waals surface area contributed by atoms with Crippen LogP contribution >= 0.6 is 23.4 Å².